The number of nitrogens with two attached hydrogens (primary N) is 1. The van der Waals surface area contributed by atoms with Gasteiger partial charge in [-0.05, 0) is 54.4 Å². The molecule has 2 heterocycles. The van der Waals surface area contributed by atoms with Gasteiger partial charge in [-0.3, -0.25) is 14.7 Å². The molecular formula is C30H32N6O3. The van der Waals surface area contributed by atoms with E-state index in [1.54, 1.807) is 25.4 Å². The third-order valence-corrected chi connectivity index (χ3v) is 7.15. The molecule has 0 spiro atoms. The summed E-state index contributed by atoms with van der Waals surface area (Å²) in [5, 5.41) is 10.0. The number of methoxy groups -OCH3 is 1. The summed E-state index contributed by atoms with van der Waals surface area (Å²) in [4.78, 5) is 29.9. The average molecular weight is 525 g/mol. The van der Waals surface area contributed by atoms with Crippen LogP contribution in [0.3, 0.4) is 0 Å². The molecule has 1 saturated heterocycles. The number of para-hydroxylation sites is 1. The summed E-state index contributed by atoms with van der Waals surface area (Å²) in [6.07, 6.45) is 1.72. The Morgan fingerprint density at radius 1 is 0.974 bits per heavy atom. The van der Waals surface area contributed by atoms with Crippen LogP contribution in [-0.4, -0.2) is 55.3 Å². The first-order chi connectivity index (χ1) is 18.9. The van der Waals surface area contributed by atoms with Gasteiger partial charge in [-0.15, -0.1) is 0 Å². The molecule has 0 unspecified atom stereocenters. The van der Waals surface area contributed by atoms with Crippen LogP contribution in [0.25, 0.3) is 11.1 Å². The maximum Gasteiger partial charge on any atom is 0.251 e. The molecular weight excluding hydrogens is 492 g/mol. The average Bonchev–Trinajstić information content (AvgIpc) is 3.44. The van der Waals surface area contributed by atoms with Crippen LogP contribution < -0.4 is 25.6 Å². The van der Waals surface area contributed by atoms with Crippen molar-refractivity contribution in [3.05, 3.63) is 95.3 Å². The van der Waals surface area contributed by atoms with Crippen LogP contribution >= 0.6 is 0 Å². The number of hydrogen-bond donors (Lipinski definition) is 3. The number of hydrogen-bond acceptors (Lipinski definition) is 6. The number of benzene rings is 3. The molecule has 39 heavy (non-hydrogen) atoms. The molecule has 5 rings (SSSR count). The predicted molar refractivity (Wildman–Crippen MR) is 152 cm³/mol. The summed E-state index contributed by atoms with van der Waals surface area (Å²) >= 11 is 0. The standard InChI is InChI=1S/C30H32N6O3/c1-20-5-3-4-6-27(20)35-13-15-36(16-14-35)28-12-9-22(17-24(28)29(31)37)30(38)32-19-26-25(18-33-34-26)21-7-10-23(39-2)11-8-21/h3-12,17-18H,13-16,19H2,1-2H3,(H2,31,37)(H,32,38)(H,33,34). The number of ether oxygens (including phenoxy) is 1. The zero-order valence-corrected chi connectivity index (χ0v) is 22.1. The van der Waals surface area contributed by atoms with E-state index in [1.165, 1.54) is 11.3 Å². The van der Waals surface area contributed by atoms with Crippen molar-refractivity contribution in [3.63, 3.8) is 0 Å². The van der Waals surface area contributed by atoms with E-state index in [2.05, 4.69) is 50.4 Å². The fourth-order valence-corrected chi connectivity index (χ4v) is 4.99. The molecule has 0 aliphatic carbocycles. The van der Waals surface area contributed by atoms with Gasteiger partial charge in [-0.1, -0.05) is 30.3 Å². The highest BCUT2D eigenvalue weighted by Crippen LogP contribution is 2.27. The number of primary amides is 1. The van der Waals surface area contributed by atoms with Crippen LogP contribution in [0.1, 0.15) is 32.0 Å². The van der Waals surface area contributed by atoms with Gasteiger partial charge in [0.2, 0.25) is 0 Å². The SMILES string of the molecule is COc1ccc(-c2cn[nH]c2CNC(=O)c2ccc(N3CCN(c4ccccc4C)CC3)c(C(N)=O)c2)cc1. The van der Waals surface area contributed by atoms with Gasteiger partial charge in [0.1, 0.15) is 5.75 Å². The number of aryl methyl sites for hydroxylation is 1. The Morgan fingerprint density at radius 3 is 2.33 bits per heavy atom. The van der Waals surface area contributed by atoms with Crippen LogP contribution in [0.2, 0.25) is 0 Å². The van der Waals surface area contributed by atoms with Crippen molar-refractivity contribution in [2.75, 3.05) is 43.1 Å². The maximum absolute atomic E-state index is 13.0. The molecule has 1 fully saturated rings. The summed E-state index contributed by atoms with van der Waals surface area (Å²) in [7, 11) is 1.62. The summed E-state index contributed by atoms with van der Waals surface area (Å²) in [5.41, 5.74) is 12.3. The van der Waals surface area contributed by atoms with Gasteiger partial charge in [0.25, 0.3) is 11.8 Å². The number of aromatic nitrogens is 2. The van der Waals surface area contributed by atoms with Gasteiger partial charge >= 0.3 is 0 Å². The summed E-state index contributed by atoms with van der Waals surface area (Å²) in [5.74, 6) is -0.0981. The Kier molecular flexibility index (Phi) is 7.49. The number of piperazine rings is 1. The van der Waals surface area contributed by atoms with Gasteiger partial charge in [0.15, 0.2) is 0 Å². The lowest BCUT2D eigenvalue weighted by atomic mass is 10.0. The fourth-order valence-electron chi connectivity index (χ4n) is 4.99. The molecule has 1 aliphatic heterocycles. The number of rotatable bonds is 8. The smallest absolute Gasteiger partial charge is 0.251 e. The van der Waals surface area contributed by atoms with Gasteiger partial charge < -0.3 is 25.6 Å². The minimum atomic E-state index is -0.559. The molecule has 1 aliphatic rings. The topological polar surface area (TPSA) is 117 Å². The Bertz CT molecular complexity index is 1470. The lowest BCUT2D eigenvalue weighted by molar-refractivity contribution is 0.0950. The molecule has 4 N–H and O–H groups in total. The van der Waals surface area contributed by atoms with Crippen LogP contribution in [0.15, 0.2) is 72.9 Å². The first-order valence-corrected chi connectivity index (χ1v) is 12.9. The molecule has 3 aromatic carbocycles. The van der Waals surface area contributed by atoms with Crippen LogP contribution in [0.5, 0.6) is 5.75 Å². The molecule has 1 aromatic heterocycles. The molecule has 0 atom stereocenters. The van der Waals surface area contributed by atoms with Crippen LogP contribution in [-0.2, 0) is 6.54 Å². The van der Waals surface area contributed by atoms with Gasteiger partial charge in [-0.25, -0.2) is 0 Å². The van der Waals surface area contributed by atoms with Crippen LogP contribution in [0, 0.1) is 6.92 Å². The number of nitrogens with zero attached hydrogens (tertiary/aromatic N) is 3. The second kappa shape index (κ2) is 11.3. The van der Waals surface area contributed by atoms with Gasteiger partial charge in [0.05, 0.1) is 31.1 Å². The monoisotopic (exact) mass is 524 g/mol. The van der Waals surface area contributed by atoms with Crippen molar-refractivity contribution in [3.8, 4) is 16.9 Å². The molecule has 0 bridgehead atoms. The van der Waals surface area contributed by atoms with Crippen molar-refractivity contribution >= 4 is 23.2 Å². The van der Waals surface area contributed by atoms with Crippen molar-refractivity contribution in [2.45, 2.75) is 13.5 Å². The van der Waals surface area contributed by atoms with Crippen molar-refractivity contribution in [2.24, 2.45) is 5.73 Å². The zero-order valence-electron chi connectivity index (χ0n) is 22.1. The van der Waals surface area contributed by atoms with Crippen molar-refractivity contribution < 1.29 is 14.3 Å². The van der Waals surface area contributed by atoms with E-state index in [0.29, 0.717) is 11.1 Å². The maximum atomic E-state index is 13.0. The second-order valence-electron chi connectivity index (χ2n) is 9.53. The summed E-state index contributed by atoms with van der Waals surface area (Å²) in [6.45, 7) is 5.50. The van der Waals surface area contributed by atoms with E-state index in [1.807, 2.05) is 36.4 Å². The third kappa shape index (κ3) is 5.57. The number of amides is 2. The highest BCUT2D eigenvalue weighted by Gasteiger charge is 2.23. The lowest BCUT2D eigenvalue weighted by Gasteiger charge is -2.38. The minimum absolute atomic E-state index is 0.245. The summed E-state index contributed by atoms with van der Waals surface area (Å²) in [6, 6.07) is 21.1. The highest BCUT2D eigenvalue weighted by molar-refractivity contribution is 6.03. The Labute approximate surface area is 227 Å². The number of anilines is 2. The molecule has 9 nitrogen and oxygen atoms in total. The second-order valence-corrected chi connectivity index (χ2v) is 9.53. The van der Waals surface area contributed by atoms with Gasteiger partial charge in [0, 0.05) is 48.7 Å². The number of carbonyl (C=O) groups is 2. The van der Waals surface area contributed by atoms with E-state index in [-0.39, 0.29) is 12.5 Å². The number of carbonyl (C=O) groups excluding carboxylic acids is 2. The normalized spacial score (nSPS) is 13.3. The Morgan fingerprint density at radius 2 is 1.67 bits per heavy atom. The molecule has 4 aromatic rings. The number of H-pyrrole nitrogens is 1. The van der Waals surface area contributed by atoms with Gasteiger partial charge in [-0.2, -0.15) is 5.10 Å². The quantitative estimate of drug-likeness (QED) is 0.323. The molecule has 0 saturated carbocycles. The van der Waals surface area contributed by atoms with E-state index in [9.17, 15) is 9.59 Å². The highest BCUT2D eigenvalue weighted by atomic mass is 16.5. The van der Waals surface area contributed by atoms with Crippen LogP contribution in [0.4, 0.5) is 11.4 Å². The molecule has 0 radical (unpaired) electrons. The number of nitrogens with one attached hydrogen (secondary N) is 2. The first-order valence-electron chi connectivity index (χ1n) is 12.9. The fraction of sp³-hybridized carbons (Fsp3) is 0.233. The Balaban J connectivity index is 1.26. The van der Waals surface area contributed by atoms with E-state index in [4.69, 9.17) is 10.5 Å². The van der Waals surface area contributed by atoms with E-state index < -0.39 is 5.91 Å². The Hall–Kier alpha value is -4.79. The van der Waals surface area contributed by atoms with Crippen molar-refractivity contribution in [1.29, 1.82) is 0 Å². The largest absolute Gasteiger partial charge is 0.497 e. The predicted octanol–water partition coefficient (Wildman–Crippen LogP) is 3.75. The molecule has 200 valence electrons. The van der Waals surface area contributed by atoms with E-state index >= 15 is 0 Å². The van der Waals surface area contributed by atoms with E-state index in [0.717, 1.165) is 54.4 Å². The third-order valence-electron chi connectivity index (χ3n) is 7.15. The molecule has 2 amide bonds. The minimum Gasteiger partial charge on any atom is -0.497 e. The zero-order chi connectivity index (χ0) is 27.4. The molecule has 9 heteroatoms. The lowest BCUT2D eigenvalue weighted by Crippen LogP contribution is -2.47. The van der Waals surface area contributed by atoms with Crippen molar-refractivity contribution in [1.82, 2.24) is 15.5 Å². The number of aromatic amines is 1. The first kappa shape index (κ1) is 25.8. The summed E-state index contributed by atoms with van der Waals surface area (Å²) < 4.78 is 5.23.